The van der Waals surface area contributed by atoms with Crippen LogP contribution in [0.25, 0.3) is 17.6 Å². The summed E-state index contributed by atoms with van der Waals surface area (Å²) in [6.07, 6.45) is -2.67. The van der Waals surface area contributed by atoms with Crippen LogP contribution in [0.4, 0.5) is 26.3 Å². The second kappa shape index (κ2) is 7.53. The molecule has 6 nitrogen and oxygen atoms in total. The number of hydrogen-bond acceptors (Lipinski definition) is 4. The molecule has 0 amide bonds. The highest BCUT2D eigenvalue weighted by Gasteiger charge is 2.61. The Hall–Kier alpha value is -2.57. The maximum absolute atomic E-state index is 13.7. The third-order valence-corrected chi connectivity index (χ3v) is 6.68. The van der Waals surface area contributed by atoms with Crippen LogP contribution in [0.5, 0.6) is 0 Å². The molecule has 170 valence electrons. The van der Waals surface area contributed by atoms with Gasteiger partial charge in [0.05, 0.1) is 12.8 Å². The van der Waals surface area contributed by atoms with E-state index in [0.717, 1.165) is 24.5 Å². The second-order valence-electron chi connectivity index (χ2n) is 7.12. The van der Waals surface area contributed by atoms with Gasteiger partial charge in [0.2, 0.25) is 0 Å². The van der Waals surface area contributed by atoms with Gasteiger partial charge in [-0.15, -0.1) is 0 Å². The summed E-state index contributed by atoms with van der Waals surface area (Å²) >= 11 is 0. The fraction of sp³-hybridized carbons (Fsp3) is 0.444. The Balaban J connectivity index is 2.16. The van der Waals surface area contributed by atoms with Crippen molar-refractivity contribution in [3.05, 3.63) is 40.8 Å². The molecule has 1 aliphatic rings. The smallest absolute Gasteiger partial charge is 0.460 e. The Bertz CT molecular complexity index is 1150. The number of alkyl halides is 5. The molecule has 0 radical (unpaired) electrons. The van der Waals surface area contributed by atoms with Gasteiger partial charge in [0, 0.05) is 12.3 Å². The van der Waals surface area contributed by atoms with E-state index in [1.807, 2.05) is 0 Å². The number of nitrogens with zero attached hydrogens (tertiary/aromatic N) is 3. The molecule has 1 aliphatic carbocycles. The number of aromatic nitrogens is 3. The predicted octanol–water partition coefficient (Wildman–Crippen LogP) is 3.90. The molecule has 0 unspecified atom stereocenters. The lowest BCUT2D eigenvalue weighted by molar-refractivity contribution is -0.593. The molecule has 0 saturated heterocycles. The third-order valence-electron chi connectivity index (χ3n) is 4.94. The van der Waals surface area contributed by atoms with Gasteiger partial charge in [-0.3, -0.25) is 0 Å². The monoisotopic (exact) mass is 469 g/mol. The summed E-state index contributed by atoms with van der Waals surface area (Å²) in [4.78, 5) is 3.79. The van der Waals surface area contributed by atoms with Gasteiger partial charge in [-0.25, -0.2) is 27.1 Å². The summed E-state index contributed by atoms with van der Waals surface area (Å²) in [5, 5.41) is 12.4. The summed E-state index contributed by atoms with van der Waals surface area (Å²) in [7, 11) is -2.79. The molecule has 0 aliphatic heterocycles. The van der Waals surface area contributed by atoms with Crippen LogP contribution in [0.15, 0.2) is 29.2 Å². The van der Waals surface area contributed by atoms with Gasteiger partial charge < -0.3 is 5.21 Å². The lowest BCUT2D eigenvalue weighted by Gasteiger charge is -2.17. The summed E-state index contributed by atoms with van der Waals surface area (Å²) in [5.41, 5.74) is -0.302. The van der Waals surface area contributed by atoms with Gasteiger partial charge in [0.25, 0.3) is 0 Å². The van der Waals surface area contributed by atoms with E-state index >= 15 is 0 Å². The maximum atomic E-state index is 13.7. The van der Waals surface area contributed by atoms with Crippen LogP contribution in [0.3, 0.4) is 0 Å². The first-order valence-corrected chi connectivity index (χ1v) is 10.7. The van der Waals surface area contributed by atoms with Crippen molar-refractivity contribution in [3.8, 4) is 11.5 Å². The van der Waals surface area contributed by atoms with Gasteiger partial charge in [-0.2, -0.15) is 22.0 Å². The molecule has 31 heavy (non-hydrogen) atoms. The lowest BCUT2D eigenvalue weighted by Crippen LogP contribution is -2.36. The lowest BCUT2D eigenvalue weighted by atomic mass is 10.2. The molecule has 1 fully saturated rings. The average Bonchev–Trinajstić information content (AvgIpc) is 3.48. The molecule has 1 saturated carbocycles. The van der Waals surface area contributed by atoms with Crippen LogP contribution in [-0.4, -0.2) is 35.8 Å². The van der Waals surface area contributed by atoms with Crippen molar-refractivity contribution in [2.45, 2.75) is 42.7 Å². The molecular weight excluding hydrogens is 452 g/mol. The Morgan fingerprint density at radius 2 is 1.94 bits per heavy atom. The molecule has 0 aromatic carbocycles. The van der Waals surface area contributed by atoms with Gasteiger partial charge in [-0.1, -0.05) is 6.92 Å². The van der Waals surface area contributed by atoms with E-state index < -0.39 is 39.3 Å². The van der Waals surface area contributed by atoms with Crippen LogP contribution in [0.2, 0.25) is 0 Å². The Morgan fingerprint density at radius 1 is 1.32 bits per heavy atom. The highest BCUT2D eigenvalue weighted by atomic mass is 32.2. The fourth-order valence-corrected chi connectivity index (χ4v) is 4.02. The average molecular weight is 469 g/mol. The number of allylic oxidation sites excluding steroid dienone is 1. The van der Waals surface area contributed by atoms with E-state index in [1.54, 1.807) is 0 Å². The summed E-state index contributed by atoms with van der Waals surface area (Å²) in [5.74, 6) is -9.21. The van der Waals surface area contributed by atoms with Crippen LogP contribution in [0, 0.1) is 5.21 Å². The number of halogens is 6. The number of pyridine rings is 1. The molecule has 13 heteroatoms. The van der Waals surface area contributed by atoms with Crippen LogP contribution < -0.4 is 4.73 Å². The first-order chi connectivity index (χ1) is 14.2. The number of rotatable bonds is 6. The number of hydrogen-bond donors (Lipinski definition) is 0. The standard InChI is InChI=1S/C18H17F6N3O3S/c1-3-31(29,30)13-6-11(10-4-5-10)8-25-15(13)16-26(2)12(9-27(16)28)7-14(19)17(20,21)18(22,23)24/h6-10H,3-5H2,1-2H3/b14-7+. The van der Waals surface area contributed by atoms with Crippen LogP contribution in [0.1, 0.15) is 36.9 Å². The summed E-state index contributed by atoms with van der Waals surface area (Å²) < 4.78 is 103. The molecule has 0 spiro atoms. The summed E-state index contributed by atoms with van der Waals surface area (Å²) in [6, 6.07) is 1.37. The first-order valence-electron chi connectivity index (χ1n) is 9.04. The van der Waals surface area contributed by atoms with Gasteiger partial charge >= 0.3 is 17.9 Å². The minimum atomic E-state index is -6.17. The van der Waals surface area contributed by atoms with E-state index in [0.29, 0.717) is 11.8 Å². The zero-order chi connectivity index (χ0) is 23.4. The van der Waals surface area contributed by atoms with Crippen molar-refractivity contribution in [1.82, 2.24) is 9.55 Å². The normalized spacial score (nSPS) is 16.1. The highest BCUT2D eigenvalue weighted by Crippen LogP contribution is 2.43. The minimum absolute atomic E-state index is 0.0403. The zero-order valence-electron chi connectivity index (χ0n) is 16.3. The van der Waals surface area contributed by atoms with Gasteiger partial charge in [0.1, 0.15) is 11.1 Å². The number of sulfone groups is 1. The summed E-state index contributed by atoms with van der Waals surface area (Å²) in [6.45, 7) is 1.38. The molecule has 0 atom stereocenters. The van der Waals surface area contributed by atoms with Crippen molar-refractivity contribution in [1.29, 1.82) is 0 Å². The molecule has 0 N–H and O–H groups in total. The fourth-order valence-electron chi connectivity index (χ4n) is 2.95. The molecule has 3 rings (SSSR count). The largest absolute Gasteiger partial charge is 0.710 e. The quantitative estimate of drug-likeness (QED) is 0.365. The molecule has 2 heterocycles. The molecule has 2 aromatic rings. The maximum Gasteiger partial charge on any atom is 0.460 e. The predicted molar refractivity (Wildman–Crippen MR) is 97.4 cm³/mol. The van der Waals surface area contributed by atoms with E-state index in [4.69, 9.17) is 0 Å². The van der Waals surface area contributed by atoms with E-state index in [2.05, 4.69) is 4.98 Å². The van der Waals surface area contributed by atoms with Crippen LogP contribution in [-0.2, 0) is 16.9 Å². The van der Waals surface area contributed by atoms with Crippen LogP contribution >= 0.6 is 0 Å². The van der Waals surface area contributed by atoms with Crippen molar-refractivity contribution >= 4 is 15.9 Å². The van der Waals surface area contributed by atoms with E-state index in [9.17, 15) is 40.0 Å². The first kappa shape index (κ1) is 23.1. The van der Waals surface area contributed by atoms with Crippen molar-refractivity contribution in [2.24, 2.45) is 7.05 Å². The zero-order valence-corrected chi connectivity index (χ0v) is 17.1. The Labute approximate surface area is 173 Å². The second-order valence-corrected chi connectivity index (χ2v) is 9.37. The van der Waals surface area contributed by atoms with Crippen molar-refractivity contribution in [2.75, 3.05) is 5.75 Å². The van der Waals surface area contributed by atoms with Gasteiger partial charge in [0.15, 0.2) is 27.1 Å². The van der Waals surface area contributed by atoms with Crippen molar-refractivity contribution < 1.29 is 39.5 Å². The van der Waals surface area contributed by atoms with E-state index in [-0.39, 0.29) is 33.1 Å². The third kappa shape index (κ3) is 4.14. The molecule has 0 bridgehead atoms. The molecular formula is C18H17F6N3O3S. The SMILES string of the molecule is CCS(=O)(=O)c1cc(C2CC2)cnc1-c1n(C)c(/C=C(/F)C(F)(F)C(F)(F)F)c[n+]1[O-]. The van der Waals surface area contributed by atoms with Gasteiger partial charge in [-0.05, 0) is 30.4 Å². The number of imidazole rings is 1. The topological polar surface area (TPSA) is 78.9 Å². The molecule has 2 aromatic heterocycles. The van der Waals surface area contributed by atoms with E-state index in [1.165, 1.54) is 19.2 Å². The minimum Gasteiger partial charge on any atom is -0.710 e. The van der Waals surface area contributed by atoms with Crippen molar-refractivity contribution in [3.63, 3.8) is 0 Å². The highest BCUT2D eigenvalue weighted by molar-refractivity contribution is 7.91. The Morgan fingerprint density at radius 3 is 2.45 bits per heavy atom. The Kier molecular flexibility index (Phi) is 5.61.